The molecule has 4 rings (SSSR count). The Bertz CT molecular complexity index is 857. The summed E-state index contributed by atoms with van der Waals surface area (Å²) in [6.45, 7) is 0.220. The van der Waals surface area contributed by atoms with Crippen molar-refractivity contribution < 1.29 is 19.4 Å². The average Bonchev–Trinajstić information content (AvgIpc) is 2.68. The van der Waals surface area contributed by atoms with Crippen LogP contribution in [0.5, 0.6) is 0 Å². The predicted octanol–water partition coefficient (Wildman–Crippen LogP) is 1.04. The second-order valence-corrected chi connectivity index (χ2v) is 6.79. The second kappa shape index (κ2) is 7.09. The Balaban J connectivity index is 1.72. The minimum atomic E-state index is -0.294. The Morgan fingerprint density at radius 2 is 1.96 bits per heavy atom. The monoisotopic (exact) mass is 367 g/mol. The molecule has 3 heterocycles. The zero-order valence-electron chi connectivity index (χ0n) is 15.0. The maximum Gasteiger partial charge on any atom is 0.258 e. The van der Waals surface area contributed by atoms with Gasteiger partial charge in [0.1, 0.15) is 6.61 Å². The molecule has 1 aromatic carbocycles. The van der Waals surface area contributed by atoms with Crippen molar-refractivity contribution in [2.24, 2.45) is 0 Å². The number of likely N-dealkylation sites (tertiary alicyclic amines) is 1. The molecule has 2 aliphatic heterocycles. The summed E-state index contributed by atoms with van der Waals surface area (Å²) < 4.78 is 4.99. The lowest BCUT2D eigenvalue weighted by molar-refractivity contribution is -0.154. The minimum Gasteiger partial charge on any atom is -0.394 e. The number of rotatable bonds is 4. The molecule has 1 fully saturated rings. The summed E-state index contributed by atoms with van der Waals surface area (Å²) >= 11 is 0. The SMILES string of the molecule is COCC(=O)N1[C@H](CO)[C@@H]2c3ccccc3N(C(=O)c3ccncc3)C[C@@H]21. The third-order valence-corrected chi connectivity index (χ3v) is 5.42. The number of para-hydroxylation sites is 1. The van der Waals surface area contributed by atoms with Crippen LogP contribution in [-0.2, 0) is 9.53 Å². The fourth-order valence-electron chi connectivity index (χ4n) is 4.28. The van der Waals surface area contributed by atoms with Crippen LogP contribution in [0.4, 0.5) is 5.69 Å². The Labute approximate surface area is 157 Å². The lowest BCUT2D eigenvalue weighted by Crippen LogP contribution is -2.71. The van der Waals surface area contributed by atoms with Gasteiger partial charge >= 0.3 is 0 Å². The second-order valence-electron chi connectivity index (χ2n) is 6.79. The van der Waals surface area contributed by atoms with E-state index >= 15 is 0 Å². The number of carbonyl (C=O) groups is 2. The van der Waals surface area contributed by atoms with Crippen molar-refractivity contribution in [3.05, 3.63) is 59.9 Å². The predicted molar refractivity (Wildman–Crippen MR) is 98.5 cm³/mol. The summed E-state index contributed by atoms with van der Waals surface area (Å²) in [5.74, 6) is -0.295. The van der Waals surface area contributed by atoms with Gasteiger partial charge in [0.15, 0.2) is 0 Å². The largest absolute Gasteiger partial charge is 0.394 e. The van der Waals surface area contributed by atoms with Gasteiger partial charge in [-0.05, 0) is 23.8 Å². The first-order chi connectivity index (χ1) is 13.2. The van der Waals surface area contributed by atoms with Gasteiger partial charge in [0.2, 0.25) is 5.91 Å². The number of nitrogens with zero attached hydrogens (tertiary/aromatic N) is 3. The van der Waals surface area contributed by atoms with Gasteiger partial charge in [0.05, 0.1) is 18.7 Å². The van der Waals surface area contributed by atoms with Crippen LogP contribution in [-0.4, -0.2) is 65.8 Å². The zero-order chi connectivity index (χ0) is 19.0. The first-order valence-electron chi connectivity index (χ1n) is 8.89. The van der Waals surface area contributed by atoms with E-state index < -0.39 is 0 Å². The molecule has 0 radical (unpaired) electrons. The number of benzene rings is 1. The minimum absolute atomic E-state index is 0.00787. The molecule has 1 saturated heterocycles. The summed E-state index contributed by atoms with van der Waals surface area (Å²) in [5, 5.41) is 9.87. The van der Waals surface area contributed by atoms with Crippen LogP contribution in [0, 0.1) is 0 Å². The van der Waals surface area contributed by atoms with Crippen molar-refractivity contribution in [2.45, 2.75) is 18.0 Å². The molecular weight excluding hydrogens is 346 g/mol. The van der Waals surface area contributed by atoms with Gasteiger partial charge in [-0.2, -0.15) is 0 Å². The van der Waals surface area contributed by atoms with Crippen LogP contribution >= 0.6 is 0 Å². The lowest BCUT2D eigenvalue weighted by Gasteiger charge is -2.58. The Hall–Kier alpha value is -2.77. The van der Waals surface area contributed by atoms with E-state index in [4.69, 9.17) is 4.74 Å². The number of hydrogen-bond donors (Lipinski definition) is 1. The number of amides is 2. The van der Waals surface area contributed by atoms with Crippen molar-refractivity contribution in [3.63, 3.8) is 0 Å². The molecule has 7 nitrogen and oxygen atoms in total. The highest BCUT2D eigenvalue weighted by molar-refractivity contribution is 6.07. The van der Waals surface area contributed by atoms with E-state index in [0.29, 0.717) is 12.1 Å². The Kier molecular flexibility index (Phi) is 4.63. The Morgan fingerprint density at radius 3 is 2.67 bits per heavy atom. The molecule has 0 bridgehead atoms. The number of pyridine rings is 1. The third kappa shape index (κ3) is 2.79. The summed E-state index contributed by atoms with van der Waals surface area (Å²) in [6.07, 6.45) is 3.18. The molecule has 0 spiro atoms. The maximum absolute atomic E-state index is 13.1. The van der Waals surface area contributed by atoms with Crippen LogP contribution in [0.2, 0.25) is 0 Å². The van der Waals surface area contributed by atoms with Crippen LogP contribution < -0.4 is 4.90 Å². The average molecular weight is 367 g/mol. The van der Waals surface area contributed by atoms with Gasteiger partial charge in [0.25, 0.3) is 5.91 Å². The summed E-state index contributed by atoms with van der Waals surface area (Å²) in [5.41, 5.74) is 2.36. The first kappa shape index (κ1) is 17.6. The maximum atomic E-state index is 13.1. The number of anilines is 1. The highest BCUT2D eigenvalue weighted by Crippen LogP contribution is 2.48. The standard InChI is InChI=1S/C20H21N3O4/c1-27-12-18(25)23-16-10-22(20(26)13-6-8-21-9-7-13)15-5-3-2-4-14(15)19(16)17(23)11-24/h2-9,16-17,19,24H,10-12H2,1H3/t16-,17+,19+/m0/s1. The molecule has 2 aliphatic rings. The zero-order valence-corrected chi connectivity index (χ0v) is 15.0. The first-order valence-corrected chi connectivity index (χ1v) is 8.89. The molecule has 2 amide bonds. The van der Waals surface area contributed by atoms with E-state index in [1.807, 2.05) is 24.3 Å². The fourth-order valence-corrected chi connectivity index (χ4v) is 4.28. The number of ether oxygens (including phenoxy) is 1. The molecule has 7 heteroatoms. The van der Waals surface area contributed by atoms with Crippen LogP contribution in [0.1, 0.15) is 21.8 Å². The van der Waals surface area contributed by atoms with Gasteiger partial charge in [-0.1, -0.05) is 18.2 Å². The van der Waals surface area contributed by atoms with Gasteiger partial charge in [-0.3, -0.25) is 14.6 Å². The van der Waals surface area contributed by atoms with Crippen molar-refractivity contribution in [3.8, 4) is 0 Å². The number of carbonyl (C=O) groups excluding carboxylic acids is 2. The van der Waals surface area contributed by atoms with Crippen LogP contribution in [0.25, 0.3) is 0 Å². The van der Waals surface area contributed by atoms with Crippen molar-refractivity contribution >= 4 is 17.5 Å². The van der Waals surface area contributed by atoms with Crippen molar-refractivity contribution in [2.75, 3.05) is 31.8 Å². The van der Waals surface area contributed by atoms with Gasteiger partial charge in [-0.25, -0.2) is 0 Å². The van der Waals surface area contributed by atoms with Gasteiger partial charge in [0, 0.05) is 43.2 Å². The normalized spacial score (nSPS) is 23.3. The van der Waals surface area contributed by atoms with E-state index in [0.717, 1.165) is 11.3 Å². The van der Waals surface area contributed by atoms with E-state index in [-0.39, 0.29) is 43.0 Å². The highest BCUT2D eigenvalue weighted by Gasteiger charge is 2.55. The molecule has 140 valence electrons. The molecule has 0 unspecified atom stereocenters. The summed E-state index contributed by atoms with van der Waals surface area (Å²) in [6, 6.07) is 10.6. The topological polar surface area (TPSA) is 83.0 Å². The molecule has 1 N–H and O–H groups in total. The smallest absolute Gasteiger partial charge is 0.258 e. The summed E-state index contributed by atoms with van der Waals surface area (Å²) in [7, 11) is 1.47. The molecule has 27 heavy (non-hydrogen) atoms. The highest BCUT2D eigenvalue weighted by atomic mass is 16.5. The molecule has 0 aliphatic carbocycles. The third-order valence-electron chi connectivity index (χ3n) is 5.42. The molecule has 2 aromatic rings. The van der Waals surface area contributed by atoms with E-state index in [2.05, 4.69) is 4.98 Å². The number of hydrogen-bond acceptors (Lipinski definition) is 5. The van der Waals surface area contributed by atoms with E-state index in [1.165, 1.54) is 7.11 Å². The molecule has 0 saturated carbocycles. The number of aliphatic hydroxyl groups is 1. The number of methoxy groups -OCH3 is 1. The van der Waals surface area contributed by atoms with Crippen molar-refractivity contribution in [1.29, 1.82) is 0 Å². The molecule has 3 atom stereocenters. The lowest BCUT2D eigenvalue weighted by atomic mass is 9.72. The quantitative estimate of drug-likeness (QED) is 0.873. The van der Waals surface area contributed by atoms with Crippen LogP contribution in [0.3, 0.4) is 0 Å². The summed E-state index contributed by atoms with van der Waals surface area (Å²) in [4.78, 5) is 32.9. The van der Waals surface area contributed by atoms with Crippen LogP contribution in [0.15, 0.2) is 48.8 Å². The van der Waals surface area contributed by atoms with Gasteiger partial charge < -0.3 is 19.6 Å². The van der Waals surface area contributed by atoms with E-state index in [9.17, 15) is 14.7 Å². The van der Waals surface area contributed by atoms with Crippen molar-refractivity contribution in [1.82, 2.24) is 9.88 Å². The number of aliphatic hydroxyl groups excluding tert-OH is 1. The van der Waals surface area contributed by atoms with E-state index in [1.54, 1.807) is 34.3 Å². The molecular formula is C20H21N3O4. The number of fused-ring (bicyclic) bond motifs is 3. The Morgan fingerprint density at radius 1 is 1.22 bits per heavy atom. The number of aromatic nitrogens is 1. The molecule has 1 aromatic heterocycles. The fraction of sp³-hybridized carbons (Fsp3) is 0.350. The van der Waals surface area contributed by atoms with Gasteiger partial charge in [-0.15, -0.1) is 0 Å².